The summed E-state index contributed by atoms with van der Waals surface area (Å²) in [6.45, 7) is 0. The molecule has 0 radical (unpaired) electrons. The number of rotatable bonds is 2. The van der Waals surface area contributed by atoms with Gasteiger partial charge in [-0.2, -0.15) is 0 Å². The molecule has 1 aromatic heterocycles. The molecule has 0 saturated heterocycles. The fourth-order valence-corrected chi connectivity index (χ4v) is 2.63. The van der Waals surface area contributed by atoms with Gasteiger partial charge in [-0.3, -0.25) is 9.13 Å². The first-order valence-electron chi connectivity index (χ1n) is 6.27. The van der Waals surface area contributed by atoms with E-state index in [1.165, 1.54) is 0 Å². The average Bonchev–Trinajstić information content (AvgIpc) is 3.16. The molecule has 2 N–H and O–H groups in total. The highest BCUT2D eigenvalue weighted by Crippen LogP contribution is 2.40. The Labute approximate surface area is 98.6 Å². The largest absolute Gasteiger partial charge is 0.399 e. The van der Waals surface area contributed by atoms with Gasteiger partial charge in [0, 0.05) is 17.8 Å². The molecule has 0 amide bonds. The minimum absolute atomic E-state index is 0.163. The molecule has 17 heavy (non-hydrogen) atoms. The van der Waals surface area contributed by atoms with Crippen molar-refractivity contribution in [1.29, 1.82) is 0 Å². The quantitative estimate of drug-likeness (QED) is 0.801. The van der Waals surface area contributed by atoms with E-state index in [0.29, 0.717) is 12.1 Å². The van der Waals surface area contributed by atoms with Crippen molar-refractivity contribution in [3.05, 3.63) is 28.7 Å². The highest BCUT2D eigenvalue weighted by Gasteiger charge is 2.33. The molecule has 88 valence electrons. The lowest BCUT2D eigenvalue weighted by atomic mass is 10.2. The number of nitrogen functional groups attached to an aromatic ring is 1. The number of aromatic nitrogens is 2. The summed E-state index contributed by atoms with van der Waals surface area (Å²) in [5, 5.41) is 0. The van der Waals surface area contributed by atoms with Crippen molar-refractivity contribution in [2.75, 3.05) is 5.73 Å². The van der Waals surface area contributed by atoms with Gasteiger partial charge in [0.1, 0.15) is 0 Å². The third-order valence-electron chi connectivity index (χ3n) is 3.75. The highest BCUT2D eigenvalue weighted by atomic mass is 16.2. The third-order valence-corrected chi connectivity index (χ3v) is 3.75. The fourth-order valence-electron chi connectivity index (χ4n) is 2.63. The van der Waals surface area contributed by atoms with Crippen LogP contribution in [0.15, 0.2) is 23.0 Å². The van der Waals surface area contributed by atoms with Crippen LogP contribution in [0.4, 0.5) is 5.69 Å². The normalized spacial score (nSPS) is 20.0. The number of nitrogens with zero attached hydrogens (tertiary/aromatic N) is 2. The molecule has 2 fully saturated rings. The predicted molar refractivity (Wildman–Crippen MR) is 67.2 cm³/mol. The smallest absolute Gasteiger partial charge is 0.329 e. The molecule has 2 aliphatic carbocycles. The van der Waals surface area contributed by atoms with Crippen LogP contribution in [-0.2, 0) is 0 Å². The number of fused-ring (bicyclic) bond motifs is 1. The first kappa shape index (κ1) is 9.33. The maximum Gasteiger partial charge on any atom is 0.329 e. The first-order valence-corrected chi connectivity index (χ1v) is 6.27. The number of imidazole rings is 1. The molecule has 4 heteroatoms. The Morgan fingerprint density at radius 1 is 1.00 bits per heavy atom. The van der Waals surface area contributed by atoms with Crippen LogP contribution in [0.3, 0.4) is 0 Å². The van der Waals surface area contributed by atoms with Crippen molar-refractivity contribution >= 4 is 16.7 Å². The van der Waals surface area contributed by atoms with Crippen LogP contribution in [0, 0.1) is 0 Å². The summed E-state index contributed by atoms with van der Waals surface area (Å²) >= 11 is 0. The van der Waals surface area contributed by atoms with Crippen molar-refractivity contribution in [3.8, 4) is 0 Å². The van der Waals surface area contributed by atoms with E-state index >= 15 is 0 Å². The molecule has 0 bridgehead atoms. The van der Waals surface area contributed by atoms with Gasteiger partial charge in [-0.25, -0.2) is 4.79 Å². The van der Waals surface area contributed by atoms with Crippen LogP contribution >= 0.6 is 0 Å². The van der Waals surface area contributed by atoms with Gasteiger partial charge in [-0.15, -0.1) is 0 Å². The molecule has 1 aromatic carbocycles. The minimum atomic E-state index is 0.163. The molecule has 2 aromatic rings. The first-order chi connectivity index (χ1) is 8.25. The lowest BCUT2D eigenvalue weighted by Gasteiger charge is -2.00. The van der Waals surface area contributed by atoms with Crippen molar-refractivity contribution in [2.45, 2.75) is 37.8 Å². The third kappa shape index (κ3) is 1.27. The average molecular weight is 229 g/mol. The van der Waals surface area contributed by atoms with E-state index < -0.39 is 0 Å². The summed E-state index contributed by atoms with van der Waals surface area (Å²) in [6, 6.07) is 6.65. The molecule has 2 saturated carbocycles. The van der Waals surface area contributed by atoms with Crippen LogP contribution in [0.2, 0.25) is 0 Å². The van der Waals surface area contributed by atoms with Gasteiger partial charge < -0.3 is 5.73 Å². The van der Waals surface area contributed by atoms with Crippen LogP contribution in [-0.4, -0.2) is 9.13 Å². The zero-order valence-electron chi connectivity index (χ0n) is 9.60. The predicted octanol–water partition coefficient (Wildman–Crippen LogP) is 2.06. The van der Waals surface area contributed by atoms with Gasteiger partial charge in [0.15, 0.2) is 0 Å². The second-order valence-corrected chi connectivity index (χ2v) is 5.23. The zero-order chi connectivity index (χ0) is 11.6. The number of hydrogen-bond donors (Lipinski definition) is 1. The Morgan fingerprint density at radius 3 is 2.18 bits per heavy atom. The van der Waals surface area contributed by atoms with E-state index in [2.05, 4.69) is 0 Å². The SMILES string of the molecule is Nc1ccc2c(c1)n(C1CC1)c(=O)n2C1CC1. The summed E-state index contributed by atoms with van der Waals surface area (Å²) < 4.78 is 3.91. The summed E-state index contributed by atoms with van der Waals surface area (Å²) in [5.74, 6) is 0. The van der Waals surface area contributed by atoms with Crippen molar-refractivity contribution in [2.24, 2.45) is 0 Å². The van der Waals surface area contributed by atoms with Crippen LogP contribution in [0.1, 0.15) is 37.8 Å². The van der Waals surface area contributed by atoms with Crippen molar-refractivity contribution in [3.63, 3.8) is 0 Å². The Hall–Kier alpha value is -1.71. The van der Waals surface area contributed by atoms with E-state index in [0.717, 1.165) is 42.4 Å². The maximum absolute atomic E-state index is 12.4. The maximum atomic E-state index is 12.4. The second kappa shape index (κ2) is 2.94. The summed E-state index contributed by atoms with van der Waals surface area (Å²) in [4.78, 5) is 12.4. The van der Waals surface area contributed by atoms with Gasteiger partial charge in [0.2, 0.25) is 0 Å². The Kier molecular flexibility index (Phi) is 1.62. The van der Waals surface area contributed by atoms with Gasteiger partial charge in [-0.1, -0.05) is 0 Å². The number of nitrogens with two attached hydrogens (primary N) is 1. The van der Waals surface area contributed by atoms with Crippen molar-refractivity contribution < 1.29 is 0 Å². The molecular formula is C13H15N3O. The molecule has 0 atom stereocenters. The van der Waals surface area contributed by atoms with E-state index in [4.69, 9.17) is 5.73 Å². The molecule has 4 nitrogen and oxygen atoms in total. The van der Waals surface area contributed by atoms with Crippen molar-refractivity contribution in [1.82, 2.24) is 9.13 Å². The molecule has 4 rings (SSSR count). The van der Waals surface area contributed by atoms with E-state index in [1.807, 2.05) is 27.3 Å². The topological polar surface area (TPSA) is 52.9 Å². The molecule has 0 unspecified atom stereocenters. The molecule has 1 heterocycles. The summed E-state index contributed by atoms with van der Waals surface area (Å²) in [5.41, 5.74) is 8.81. The zero-order valence-corrected chi connectivity index (χ0v) is 9.60. The van der Waals surface area contributed by atoms with Gasteiger partial charge in [-0.05, 0) is 43.9 Å². The minimum Gasteiger partial charge on any atom is -0.399 e. The molecule has 0 aliphatic heterocycles. The monoisotopic (exact) mass is 229 g/mol. The number of benzene rings is 1. The number of anilines is 1. The molecular weight excluding hydrogens is 214 g/mol. The van der Waals surface area contributed by atoms with Gasteiger partial charge in [0.25, 0.3) is 0 Å². The standard InChI is InChI=1S/C13H15N3O/c14-8-1-6-11-12(7-8)16(10-4-5-10)13(17)15(11)9-2-3-9/h1,6-7,9-10H,2-5,14H2. The van der Waals surface area contributed by atoms with Crippen LogP contribution in [0.25, 0.3) is 11.0 Å². The summed E-state index contributed by atoms with van der Waals surface area (Å²) in [6.07, 6.45) is 4.51. The fraction of sp³-hybridized carbons (Fsp3) is 0.462. The lowest BCUT2D eigenvalue weighted by Crippen LogP contribution is -2.23. The molecule has 0 spiro atoms. The highest BCUT2D eigenvalue weighted by molar-refractivity contribution is 5.80. The van der Waals surface area contributed by atoms with Crippen LogP contribution in [0.5, 0.6) is 0 Å². The van der Waals surface area contributed by atoms with E-state index in [-0.39, 0.29) is 5.69 Å². The van der Waals surface area contributed by atoms with E-state index in [9.17, 15) is 4.79 Å². The Morgan fingerprint density at radius 2 is 1.59 bits per heavy atom. The van der Waals surface area contributed by atoms with Gasteiger partial charge >= 0.3 is 5.69 Å². The summed E-state index contributed by atoms with van der Waals surface area (Å²) in [7, 11) is 0. The molecule has 2 aliphatic rings. The van der Waals surface area contributed by atoms with Crippen LogP contribution < -0.4 is 11.4 Å². The lowest BCUT2D eigenvalue weighted by molar-refractivity contribution is 0.651. The second-order valence-electron chi connectivity index (χ2n) is 5.23. The van der Waals surface area contributed by atoms with E-state index in [1.54, 1.807) is 0 Å². The number of hydrogen-bond acceptors (Lipinski definition) is 2. The Balaban J connectivity index is 2.10. The van der Waals surface area contributed by atoms with Gasteiger partial charge in [0.05, 0.1) is 11.0 Å². The Bertz CT molecular complexity index is 659.